The van der Waals surface area contributed by atoms with Crippen LogP contribution in [0.2, 0.25) is 0 Å². The molecule has 1 aliphatic heterocycles. The number of likely N-dealkylation sites (tertiary alicyclic amines) is 1. The van der Waals surface area contributed by atoms with Crippen molar-refractivity contribution in [1.82, 2.24) is 30.8 Å². The van der Waals surface area contributed by atoms with Crippen molar-refractivity contribution >= 4 is 12.0 Å². The van der Waals surface area contributed by atoms with E-state index in [0.717, 1.165) is 0 Å². The quantitative estimate of drug-likeness (QED) is 0.639. The highest BCUT2D eigenvalue weighted by atomic mass is 16.4. The van der Waals surface area contributed by atoms with E-state index >= 15 is 0 Å². The zero-order chi connectivity index (χ0) is 13.1. The number of urea groups is 1. The summed E-state index contributed by atoms with van der Waals surface area (Å²) in [4.78, 5) is 24.2. The van der Waals surface area contributed by atoms with Crippen molar-refractivity contribution in [1.29, 1.82) is 0 Å². The first kappa shape index (κ1) is 12.3. The van der Waals surface area contributed by atoms with E-state index in [1.165, 1.54) is 4.90 Å². The summed E-state index contributed by atoms with van der Waals surface area (Å²) in [6.07, 6.45) is 0. The molecule has 18 heavy (non-hydrogen) atoms. The fourth-order valence-electron chi connectivity index (χ4n) is 1.98. The molecule has 2 amide bonds. The third-order valence-corrected chi connectivity index (χ3v) is 3.00. The first-order valence-electron chi connectivity index (χ1n) is 5.56. The molecule has 0 aliphatic carbocycles. The van der Waals surface area contributed by atoms with Crippen molar-refractivity contribution in [3.8, 4) is 0 Å². The molecule has 2 rings (SSSR count). The molecule has 1 saturated heterocycles. The monoisotopic (exact) mass is 254 g/mol. The van der Waals surface area contributed by atoms with Gasteiger partial charge in [0.15, 0.2) is 5.82 Å². The summed E-state index contributed by atoms with van der Waals surface area (Å²) in [6.45, 7) is 2.66. The van der Waals surface area contributed by atoms with Crippen molar-refractivity contribution < 1.29 is 14.7 Å². The highest BCUT2D eigenvalue weighted by Crippen LogP contribution is 2.22. The van der Waals surface area contributed by atoms with Crippen LogP contribution in [-0.4, -0.2) is 55.7 Å². The molecular formula is C9H14N6O3. The molecule has 9 nitrogen and oxygen atoms in total. The van der Waals surface area contributed by atoms with Gasteiger partial charge in [0.25, 0.3) is 0 Å². The predicted octanol–water partition coefficient (Wildman–Crippen LogP) is -0.938. The van der Waals surface area contributed by atoms with Crippen LogP contribution in [0.5, 0.6) is 0 Å². The summed E-state index contributed by atoms with van der Waals surface area (Å²) < 4.78 is 0. The molecule has 0 bridgehead atoms. The van der Waals surface area contributed by atoms with E-state index in [9.17, 15) is 9.59 Å². The molecule has 1 aromatic heterocycles. The van der Waals surface area contributed by atoms with E-state index < -0.39 is 11.9 Å². The summed E-state index contributed by atoms with van der Waals surface area (Å²) in [5.41, 5.74) is 0. The second-order valence-corrected chi connectivity index (χ2v) is 4.31. The van der Waals surface area contributed by atoms with E-state index in [4.69, 9.17) is 5.11 Å². The van der Waals surface area contributed by atoms with Gasteiger partial charge in [0.05, 0.1) is 12.5 Å². The lowest BCUT2D eigenvalue weighted by molar-refractivity contribution is -0.142. The van der Waals surface area contributed by atoms with E-state index in [2.05, 4.69) is 25.9 Å². The maximum absolute atomic E-state index is 11.8. The van der Waals surface area contributed by atoms with Gasteiger partial charge in [-0.1, -0.05) is 12.1 Å². The number of aromatic amines is 1. The largest absolute Gasteiger partial charge is 0.481 e. The van der Waals surface area contributed by atoms with Gasteiger partial charge < -0.3 is 15.3 Å². The number of aromatic nitrogens is 4. The number of amides is 2. The number of H-pyrrole nitrogens is 1. The summed E-state index contributed by atoms with van der Waals surface area (Å²) in [5.74, 6) is -1.03. The molecule has 0 spiro atoms. The van der Waals surface area contributed by atoms with Gasteiger partial charge in [-0.2, -0.15) is 5.21 Å². The Bertz CT molecular complexity index is 434. The molecular weight excluding hydrogens is 240 g/mol. The molecule has 0 radical (unpaired) electrons. The standard InChI is InChI=1S/C9H14N6O3/c1-5-3-15(4-6(5)8(16)17)9(18)10-2-7-11-13-14-12-7/h5-6H,2-4H2,1H3,(H,10,18)(H,16,17)(H,11,12,13,14). The molecule has 98 valence electrons. The molecule has 1 aliphatic rings. The van der Waals surface area contributed by atoms with Gasteiger partial charge in [0, 0.05) is 13.1 Å². The summed E-state index contributed by atoms with van der Waals surface area (Å²) in [7, 11) is 0. The zero-order valence-electron chi connectivity index (χ0n) is 9.83. The molecule has 2 atom stereocenters. The number of carbonyl (C=O) groups excluding carboxylic acids is 1. The number of hydrogen-bond acceptors (Lipinski definition) is 5. The number of nitrogens with zero attached hydrogens (tertiary/aromatic N) is 4. The number of rotatable bonds is 3. The number of nitrogens with one attached hydrogen (secondary N) is 2. The van der Waals surface area contributed by atoms with Crippen molar-refractivity contribution in [3.05, 3.63) is 5.82 Å². The Morgan fingerprint density at radius 2 is 2.33 bits per heavy atom. The van der Waals surface area contributed by atoms with E-state index in [-0.39, 0.29) is 25.0 Å². The zero-order valence-corrected chi connectivity index (χ0v) is 9.83. The van der Waals surface area contributed by atoms with Gasteiger partial charge >= 0.3 is 12.0 Å². The Labute approximate surface area is 103 Å². The molecule has 1 fully saturated rings. The normalized spacial score (nSPS) is 23.1. The van der Waals surface area contributed by atoms with Crippen molar-refractivity contribution in [2.45, 2.75) is 13.5 Å². The highest BCUT2D eigenvalue weighted by molar-refractivity contribution is 5.77. The van der Waals surface area contributed by atoms with Crippen molar-refractivity contribution in [2.24, 2.45) is 11.8 Å². The lowest BCUT2D eigenvalue weighted by Crippen LogP contribution is -2.38. The highest BCUT2D eigenvalue weighted by Gasteiger charge is 2.36. The third-order valence-electron chi connectivity index (χ3n) is 3.00. The first-order valence-corrected chi connectivity index (χ1v) is 5.56. The van der Waals surface area contributed by atoms with Crippen LogP contribution >= 0.6 is 0 Å². The number of hydrogen-bond donors (Lipinski definition) is 3. The van der Waals surface area contributed by atoms with Crippen LogP contribution in [0, 0.1) is 11.8 Å². The third kappa shape index (κ3) is 2.55. The van der Waals surface area contributed by atoms with Crippen LogP contribution in [0.1, 0.15) is 12.7 Å². The Morgan fingerprint density at radius 1 is 1.56 bits per heavy atom. The molecule has 2 unspecified atom stereocenters. The fourth-order valence-corrected chi connectivity index (χ4v) is 1.98. The molecule has 1 aromatic rings. The average molecular weight is 254 g/mol. The van der Waals surface area contributed by atoms with Crippen LogP contribution in [0.25, 0.3) is 0 Å². The number of carbonyl (C=O) groups is 2. The molecule has 3 N–H and O–H groups in total. The minimum atomic E-state index is -0.865. The van der Waals surface area contributed by atoms with Crippen molar-refractivity contribution in [3.63, 3.8) is 0 Å². The Morgan fingerprint density at radius 3 is 2.89 bits per heavy atom. The summed E-state index contributed by atoms with van der Waals surface area (Å²) in [6, 6.07) is -0.310. The topological polar surface area (TPSA) is 124 Å². The Hall–Kier alpha value is -2.19. The first-order chi connectivity index (χ1) is 8.58. The number of carboxylic acids is 1. The fraction of sp³-hybridized carbons (Fsp3) is 0.667. The molecule has 2 heterocycles. The van der Waals surface area contributed by atoms with E-state index in [0.29, 0.717) is 12.4 Å². The van der Waals surface area contributed by atoms with E-state index in [1.54, 1.807) is 0 Å². The van der Waals surface area contributed by atoms with E-state index in [1.807, 2.05) is 6.92 Å². The van der Waals surface area contributed by atoms with Crippen LogP contribution < -0.4 is 5.32 Å². The number of carboxylic acid groups (broad SMARTS) is 1. The van der Waals surface area contributed by atoms with Crippen LogP contribution in [0.15, 0.2) is 0 Å². The lowest BCUT2D eigenvalue weighted by Gasteiger charge is -2.15. The second kappa shape index (κ2) is 4.98. The van der Waals surface area contributed by atoms with Gasteiger partial charge in [0.2, 0.25) is 0 Å². The smallest absolute Gasteiger partial charge is 0.317 e. The second-order valence-electron chi connectivity index (χ2n) is 4.31. The minimum absolute atomic E-state index is 0.0431. The summed E-state index contributed by atoms with van der Waals surface area (Å²) in [5, 5.41) is 24.6. The lowest BCUT2D eigenvalue weighted by atomic mass is 9.99. The SMILES string of the molecule is CC1CN(C(=O)NCc2nn[nH]n2)CC1C(=O)O. The van der Waals surface area contributed by atoms with Gasteiger partial charge in [-0.25, -0.2) is 4.79 Å². The van der Waals surface area contributed by atoms with Crippen molar-refractivity contribution in [2.75, 3.05) is 13.1 Å². The van der Waals surface area contributed by atoms with Gasteiger partial charge in [-0.15, -0.1) is 10.2 Å². The van der Waals surface area contributed by atoms with Crippen LogP contribution in [0.4, 0.5) is 4.79 Å². The van der Waals surface area contributed by atoms with Gasteiger partial charge in [-0.3, -0.25) is 4.79 Å². The molecule has 9 heteroatoms. The minimum Gasteiger partial charge on any atom is -0.481 e. The van der Waals surface area contributed by atoms with Crippen LogP contribution in [0.3, 0.4) is 0 Å². The average Bonchev–Trinajstić information content (AvgIpc) is 2.94. The van der Waals surface area contributed by atoms with Crippen LogP contribution in [-0.2, 0) is 11.3 Å². The maximum atomic E-state index is 11.8. The number of aliphatic carboxylic acids is 1. The number of tetrazole rings is 1. The molecule has 0 aromatic carbocycles. The van der Waals surface area contributed by atoms with Gasteiger partial charge in [-0.05, 0) is 5.92 Å². The summed E-state index contributed by atoms with van der Waals surface area (Å²) >= 11 is 0. The predicted molar refractivity (Wildman–Crippen MR) is 58.3 cm³/mol. The molecule has 0 saturated carbocycles. The Balaban J connectivity index is 1.85. The Kier molecular flexibility index (Phi) is 3.40. The van der Waals surface area contributed by atoms with Gasteiger partial charge in [0.1, 0.15) is 0 Å². The maximum Gasteiger partial charge on any atom is 0.317 e.